The second-order valence-corrected chi connectivity index (χ2v) is 7.32. The average Bonchev–Trinajstić information content (AvgIpc) is 2.81. The summed E-state index contributed by atoms with van der Waals surface area (Å²) in [6.45, 7) is 0.373. The van der Waals surface area contributed by atoms with Gasteiger partial charge in [-0.3, -0.25) is 9.59 Å². The molecule has 31 heavy (non-hydrogen) atoms. The van der Waals surface area contributed by atoms with Gasteiger partial charge in [-0.15, -0.1) is 0 Å². The maximum atomic E-state index is 12.9. The lowest BCUT2D eigenvalue weighted by molar-refractivity contribution is -0.149. The third-order valence-corrected chi connectivity index (χ3v) is 5.25. The summed E-state index contributed by atoms with van der Waals surface area (Å²) in [5.41, 5.74) is 7.06. The zero-order chi connectivity index (χ0) is 22.2. The van der Waals surface area contributed by atoms with Crippen LogP contribution in [0.4, 0.5) is 0 Å². The molecule has 2 amide bonds. The van der Waals surface area contributed by atoms with Gasteiger partial charge in [0.2, 0.25) is 5.91 Å². The average molecular weight is 422 g/mol. The van der Waals surface area contributed by atoms with Crippen LogP contribution in [0.5, 0.6) is 5.75 Å². The van der Waals surface area contributed by atoms with Crippen molar-refractivity contribution in [1.29, 1.82) is 0 Å². The molecule has 3 rings (SSSR count). The molecule has 1 aliphatic rings. The van der Waals surface area contributed by atoms with E-state index in [9.17, 15) is 14.4 Å². The Morgan fingerprint density at radius 1 is 1.10 bits per heavy atom. The molecule has 7 nitrogen and oxygen atoms in total. The standard InChI is InChI=1S/C24H26N2O5/c1-30-21-12-6-5-10-18(21)14-20(17-8-3-2-4-9-17)24(29)31-16-22(27)26-13-7-11-19(15-26)23(25)28/h2-6,8-10,12,14,19H,7,11,13,15-16H2,1H3,(H2,25,28)/b20-14+/t19-/m0/s1. The van der Waals surface area contributed by atoms with Gasteiger partial charge in [0.05, 0.1) is 18.6 Å². The molecule has 162 valence electrons. The molecule has 2 N–H and O–H groups in total. The molecule has 0 aromatic heterocycles. The Bertz CT molecular complexity index is 971. The summed E-state index contributed by atoms with van der Waals surface area (Å²) in [4.78, 5) is 38.4. The third kappa shape index (κ3) is 5.72. The summed E-state index contributed by atoms with van der Waals surface area (Å²) >= 11 is 0. The lowest BCUT2D eigenvalue weighted by Gasteiger charge is -2.31. The van der Waals surface area contributed by atoms with Gasteiger partial charge in [0.1, 0.15) is 5.75 Å². The molecule has 1 heterocycles. The predicted octanol–water partition coefficient (Wildman–Crippen LogP) is 2.50. The number of ether oxygens (including phenoxy) is 2. The first-order chi connectivity index (χ1) is 15.0. The molecule has 1 aliphatic heterocycles. The number of benzene rings is 2. The van der Waals surface area contributed by atoms with E-state index < -0.39 is 18.5 Å². The molecular formula is C24H26N2O5. The van der Waals surface area contributed by atoms with E-state index in [1.807, 2.05) is 36.4 Å². The minimum absolute atomic E-state index is 0.258. The van der Waals surface area contributed by atoms with Gasteiger partial charge in [-0.1, -0.05) is 48.5 Å². The number of hydrogen-bond donors (Lipinski definition) is 1. The lowest BCUT2D eigenvalue weighted by Crippen LogP contribution is -2.45. The molecule has 0 unspecified atom stereocenters. The minimum atomic E-state index is -0.617. The van der Waals surface area contributed by atoms with Gasteiger partial charge in [-0.05, 0) is 30.5 Å². The van der Waals surface area contributed by atoms with E-state index in [1.165, 1.54) is 4.90 Å². The Hall–Kier alpha value is -3.61. The Labute approximate surface area is 181 Å². The molecule has 1 fully saturated rings. The number of amides is 2. The monoisotopic (exact) mass is 422 g/mol. The number of nitrogens with two attached hydrogens (primary N) is 1. The lowest BCUT2D eigenvalue weighted by atomic mass is 9.97. The Morgan fingerprint density at radius 3 is 2.52 bits per heavy atom. The molecule has 0 radical (unpaired) electrons. The number of para-hydroxylation sites is 1. The molecule has 7 heteroatoms. The topological polar surface area (TPSA) is 98.9 Å². The Balaban J connectivity index is 1.76. The fourth-order valence-electron chi connectivity index (χ4n) is 3.55. The van der Waals surface area contributed by atoms with Crippen LogP contribution in [0, 0.1) is 5.92 Å². The first-order valence-corrected chi connectivity index (χ1v) is 10.1. The molecule has 1 atom stereocenters. The molecule has 0 saturated carbocycles. The second kappa shape index (κ2) is 10.4. The van der Waals surface area contributed by atoms with Crippen molar-refractivity contribution in [2.24, 2.45) is 11.7 Å². The van der Waals surface area contributed by atoms with E-state index in [4.69, 9.17) is 15.2 Å². The number of carbonyl (C=O) groups is 3. The number of piperidine rings is 1. The highest BCUT2D eigenvalue weighted by Gasteiger charge is 2.27. The van der Waals surface area contributed by atoms with Crippen LogP contribution in [0.2, 0.25) is 0 Å². The summed E-state index contributed by atoms with van der Waals surface area (Å²) < 4.78 is 10.7. The summed E-state index contributed by atoms with van der Waals surface area (Å²) in [5.74, 6) is -1.12. The zero-order valence-corrected chi connectivity index (χ0v) is 17.5. The van der Waals surface area contributed by atoms with Crippen molar-refractivity contribution in [2.75, 3.05) is 26.8 Å². The largest absolute Gasteiger partial charge is 0.496 e. The van der Waals surface area contributed by atoms with Crippen LogP contribution in [0.15, 0.2) is 54.6 Å². The number of carbonyl (C=O) groups excluding carboxylic acids is 3. The first-order valence-electron chi connectivity index (χ1n) is 10.1. The quantitative estimate of drug-likeness (QED) is 0.420. The van der Waals surface area contributed by atoms with Crippen LogP contribution in [0.3, 0.4) is 0 Å². The number of esters is 1. The maximum Gasteiger partial charge on any atom is 0.339 e. The SMILES string of the molecule is COc1ccccc1/C=C(/C(=O)OCC(=O)N1CCC[C@H](C(N)=O)C1)c1ccccc1. The van der Waals surface area contributed by atoms with Crippen LogP contribution in [-0.2, 0) is 19.1 Å². The minimum Gasteiger partial charge on any atom is -0.496 e. The highest BCUT2D eigenvalue weighted by molar-refractivity contribution is 6.22. The summed E-state index contributed by atoms with van der Waals surface area (Å²) in [6.07, 6.45) is 3.04. The fourth-order valence-corrected chi connectivity index (χ4v) is 3.55. The third-order valence-electron chi connectivity index (χ3n) is 5.25. The van der Waals surface area contributed by atoms with E-state index in [-0.39, 0.29) is 18.4 Å². The van der Waals surface area contributed by atoms with Crippen molar-refractivity contribution < 1.29 is 23.9 Å². The molecular weight excluding hydrogens is 396 g/mol. The van der Waals surface area contributed by atoms with Crippen LogP contribution in [0.25, 0.3) is 11.6 Å². The van der Waals surface area contributed by atoms with Gasteiger partial charge in [0.25, 0.3) is 5.91 Å². The maximum absolute atomic E-state index is 12.9. The van der Waals surface area contributed by atoms with Crippen LogP contribution in [-0.4, -0.2) is 49.5 Å². The number of hydrogen-bond acceptors (Lipinski definition) is 5. The van der Waals surface area contributed by atoms with Crippen molar-refractivity contribution in [2.45, 2.75) is 12.8 Å². The van der Waals surface area contributed by atoms with Crippen molar-refractivity contribution in [1.82, 2.24) is 4.90 Å². The van der Waals surface area contributed by atoms with Gasteiger partial charge in [0.15, 0.2) is 6.61 Å². The number of likely N-dealkylation sites (tertiary alicyclic amines) is 1. The van der Waals surface area contributed by atoms with Gasteiger partial charge < -0.3 is 20.1 Å². The first kappa shape index (κ1) is 22.1. The zero-order valence-electron chi connectivity index (χ0n) is 17.5. The van der Waals surface area contributed by atoms with Crippen molar-refractivity contribution in [3.63, 3.8) is 0 Å². The molecule has 0 aliphatic carbocycles. The molecule has 0 spiro atoms. The van der Waals surface area contributed by atoms with E-state index in [2.05, 4.69) is 0 Å². The van der Waals surface area contributed by atoms with E-state index >= 15 is 0 Å². The smallest absolute Gasteiger partial charge is 0.339 e. The molecule has 2 aromatic carbocycles. The fraction of sp³-hybridized carbons (Fsp3) is 0.292. The highest BCUT2D eigenvalue weighted by Crippen LogP contribution is 2.25. The van der Waals surface area contributed by atoms with Crippen molar-refractivity contribution in [3.8, 4) is 5.75 Å². The number of nitrogens with zero attached hydrogens (tertiary/aromatic N) is 1. The predicted molar refractivity (Wildman–Crippen MR) is 117 cm³/mol. The van der Waals surface area contributed by atoms with Crippen LogP contribution < -0.4 is 10.5 Å². The number of primary amides is 1. The van der Waals surface area contributed by atoms with Gasteiger partial charge in [-0.2, -0.15) is 0 Å². The van der Waals surface area contributed by atoms with Gasteiger partial charge in [0, 0.05) is 18.7 Å². The van der Waals surface area contributed by atoms with E-state index in [0.29, 0.717) is 41.8 Å². The Morgan fingerprint density at radius 2 is 1.81 bits per heavy atom. The second-order valence-electron chi connectivity index (χ2n) is 7.32. The van der Waals surface area contributed by atoms with Crippen molar-refractivity contribution >= 4 is 29.4 Å². The van der Waals surface area contributed by atoms with Gasteiger partial charge >= 0.3 is 5.97 Å². The summed E-state index contributed by atoms with van der Waals surface area (Å²) in [6, 6.07) is 16.4. The molecule has 2 aromatic rings. The van der Waals surface area contributed by atoms with Crippen LogP contribution in [0.1, 0.15) is 24.0 Å². The van der Waals surface area contributed by atoms with Gasteiger partial charge in [-0.25, -0.2) is 4.79 Å². The Kier molecular flexibility index (Phi) is 7.43. The summed E-state index contributed by atoms with van der Waals surface area (Å²) in [7, 11) is 1.56. The van der Waals surface area contributed by atoms with Crippen LogP contribution >= 0.6 is 0 Å². The normalized spacial score (nSPS) is 16.5. The number of methoxy groups -OCH3 is 1. The van der Waals surface area contributed by atoms with Crippen molar-refractivity contribution in [3.05, 3.63) is 65.7 Å². The molecule has 1 saturated heterocycles. The van der Waals surface area contributed by atoms with E-state index in [0.717, 1.165) is 0 Å². The highest BCUT2D eigenvalue weighted by atomic mass is 16.5. The molecule has 0 bridgehead atoms. The number of rotatable bonds is 7. The summed E-state index contributed by atoms with van der Waals surface area (Å²) in [5, 5.41) is 0. The van der Waals surface area contributed by atoms with E-state index in [1.54, 1.807) is 31.4 Å².